The Morgan fingerprint density at radius 1 is 0.882 bits per heavy atom. The highest BCUT2D eigenvalue weighted by Crippen LogP contribution is 2.15. The van der Waals surface area contributed by atoms with Gasteiger partial charge in [0, 0.05) is 16.6 Å². The number of esters is 1. The van der Waals surface area contributed by atoms with E-state index in [1.165, 1.54) is 28.9 Å². The smallest absolute Gasteiger partial charge is 0.359 e. The lowest BCUT2D eigenvalue weighted by atomic mass is 10.1. The fourth-order valence-corrected chi connectivity index (χ4v) is 3.36. The summed E-state index contributed by atoms with van der Waals surface area (Å²) in [5.74, 6) is -2.00. The molecule has 3 N–H and O–H groups in total. The van der Waals surface area contributed by atoms with Crippen LogP contribution in [0.2, 0.25) is 0 Å². The number of rotatable bonds is 7. The van der Waals surface area contributed by atoms with Gasteiger partial charge in [-0.1, -0.05) is 48.5 Å². The van der Waals surface area contributed by atoms with Crippen molar-refractivity contribution in [2.24, 2.45) is 5.73 Å². The zero-order valence-corrected chi connectivity index (χ0v) is 17.9. The first-order chi connectivity index (χ1) is 16.4. The average molecular weight is 456 g/mol. The SMILES string of the molecule is NC(=O)c1ccc(NC(=O)COC(=O)c2nn(Cc3ccccc3)c(=O)c3ccccc23)cc1. The molecule has 3 aromatic carbocycles. The third-order valence-electron chi connectivity index (χ3n) is 5.02. The fourth-order valence-electron chi connectivity index (χ4n) is 3.36. The molecule has 170 valence electrons. The first-order valence-corrected chi connectivity index (χ1v) is 10.3. The van der Waals surface area contributed by atoms with Crippen molar-refractivity contribution in [2.75, 3.05) is 11.9 Å². The number of hydrogen-bond acceptors (Lipinski definition) is 6. The summed E-state index contributed by atoms with van der Waals surface area (Å²) < 4.78 is 6.38. The first kappa shape index (κ1) is 22.4. The van der Waals surface area contributed by atoms with Crippen LogP contribution in [0.25, 0.3) is 10.8 Å². The zero-order chi connectivity index (χ0) is 24.1. The van der Waals surface area contributed by atoms with Gasteiger partial charge in [0.25, 0.3) is 11.5 Å². The van der Waals surface area contributed by atoms with Crippen molar-refractivity contribution in [3.8, 4) is 0 Å². The number of fused-ring (bicyclic) bond motifs is 1. The molecule has 9 heteroatoms. The van der Waals surface area contributed by atoms with E-state index in [9.17, 15) is 19.2 Å². The van der Waals surface area contributed by atoms with Gasteiger partial charge in [-0.25, -0.2) is 9.48 Å². The van der Waals surface area contributed by atoms with E-state index in [0.29, 0.717) is 22.0 Å². The van der Waals surface area contributed by atoms with E-state index in [1.807, 2.05) is 30.3 Å². The normalized spacial score (nSPS) is 10.6. The number of nitrogens with one attached hydrogen (secondary N) is 1. The predicted octanol–water partition coefficient (Wildman–Crippen LogP) is 2.34. The van der Waals surface area contributed by atoms with E-state index in [4.69, 9.17) is 10.5 Å². The van der Waals surface area contributed by atoms with Gasteiger partial charge in [-0.2, -0.15) is 5.10 Å². The number of nitrogens with zero attached hydrogens (tertiary/aromatic N) is 2. The third-order valence-corrected chi connectivity index (χ3v) is 5.02. The van der Waals surface area contributed by atoms with Gasteiger partial charge in [0.1, 0.15) is 0 Å². The van der Waals surface area contributed by atoms with Crippen molar-refractivity contribution < 1.29 is 19.1 Å². The Hall–Kier alpha value is -4.79. The minimum Gasteiger partial charge on any atom is -0.451 e. The predicted molar refractivity (Wildman–Crippen MR) is 125 cm³/mol. The molecule has 34 heavy (non-hydrogen) atoms. The Morgan fingerprint density at radius 3 is 2.21 bits per heavy atom. The number of aromatic nitrogens is 2. The highest BCUT2D eigenvalue weighted by Gasteiger charge is 2.19. The highest BCUT2D eigenvalue weighted by atomic mass is 16.5. The van der Waals surface area contributed by atoms with Gasteiger partial charge in [0.05, 0.1) is 11.9 Å². The van der Waals surface area contributed by atoms with Gasteiger partial charge in [-0.05, 0) is 35.9 Å². The van der Waals surface area contributed by atoms with Crippen molar-refractivity contribution >= 4 is 34.2 Å². The molecule has 0 aliphatic carbocycles. The maximum Gasteiger partial charge on any atom is 0.359 e. The van der Waals surface area contributed by atoms with E-state index >= 15 is 0 Å². The lowest BCUT2D eigenvalue weighted by Gasteiger charge is -2.11. The number of ether oxygens (including phenoxy) is 1. The number of amides is 2. The molecule has 0 saturated heterocycles. The Bertz CT molecular complexity index is 1430. The molecule has 4 aromatic rings. The minimum absolute atomic E-state index is 0.0651. The van der Waals surface area contributed by atoms with Gasteiger partial charge in [0.2, 0.25) is 5.91 Å². The molecule has 9 nitrogen and oxygen atoms in total. The molecular weight excluding hydrogens is 436 g/mol. The Morgan fingerprint density at radius 2 is 1.53 bits per heavy atom. The maximum absolute atomic E-state index is 12.9. The number of carbonyl (C=O) groups is 3. The van der Waals surface area contributed by atoms with E-state index in [-0.39, 0.29) is 17.8 Å². The molecule has 1 aromatic heterocycles. The van der Waals surface area contributed by atoms with Crippen LogP contribution in [-0.2, 0) is 16.1 Å². The van der Waals surface area contributed by atoms with Crippen LogP contribution in [0, 0.1) is 0 Å². The summed E-state index contributed by atoms with van der Waals surface area (Å²) in [5.41, 5.74) is 6.34. The summed E-state index contributed by atoms with van der Waals surface area (Å²) in [5, 5.41) is 7.46. The Balaban J connectivity index is 1.52. The zero-order valence-electron chi connectivity index (χ0n) is 17.9. The van der Waals surface area contributed by atoms with E-state index in [2.05, 4.69) is 10.4 Å². The summed E-state index contributed by atoms with van der Waals surface area (Å²) in [6, 6.07) is 21.8. The van der Waals surface area contributed by atoms with Crippen LogP contribution in [0.3, 0.4) is 0 Å². The second-order valence-corrected chi connectivity index (χ2v) is 7.41. The summed E-state index contributed by atoms with van der Waals surface area (Å²) in [6.45, 7) is -0.392. The van der Waals surface area contributed by atoms with Gasteiger partial charge in [0.15, 0.2) is 12.3 Å². The third kappa shape index (κ3) is 4.99. The van der Waals surface area contributed by atoms with Gasteiger partial charge in [-0.3, -0.25) is 14.4 Å². The van der Waals surface area contributed by atoms with Crippen LogP contribution in [-0.4, -0.2) is 34.2 Å². The van der Waals surface area contributed by atoms with Gasteiger partial charge < -0.3 is 15.8 Å². The summed E-state index contributed by atoms with van der Waals surface area (Å²) >= 11 is 0. The number of hydrogen-bond donors (Lipinski definition) is 2. The quantitative estimate of drug-likeness (QED) is 0.410. The van der Waals surface area contributed by atoms with Crippen LogP contribution in [0.1, 0.15) is 26.4 Å². The highest BCUT2D eigenvalue weighted by molar-refractivity contribution is 6.03. The van der Waals surface area contributed by atoms with Gasteiger partial charge in [-0.15, -0.1) is 0 Å². The van der Waals surface area contributed by atoms with Crippen molar-refractivity contribution in [3.05, 3.63) is 106 Å². The number of benzene rings is 3. The fraction of sp³-hybridized carbons (Fsp3) is 0.0800. The van der Waals surface area contributed by atoms with E-state index < -0.39 is 24.4 Å². The van der Waals surface area contributed by atoms with E-state index in [1.54, 1.807) is 24.3 Å². The van der Waals surface area contributed by atoms with Crippen LogP contribution >= 0.6 is 0 Å². The van der Waals surface area contributed by atoms with Crippen molar-refractivity contribution in [1.29, 1.82) is 0 Å². The first-order valence-electron chi connectivity index (χ1n) is 10.3. The topological polar surface area (TPSA) is 133 Å². The molecule has 1 heterocycles. The number of nitrogens with two attached hydrogens (primary N) is 1. The lowest BCUT2D eigenvalue weighted by Crippen LogP contribution is -2.28. The molecule has 0 saturated carbocycles. The van der Waals surface area contributed by atoms with Crippen LogP contribution < -0.4 is 16.6 Å². The summed E-state index contributed by atoms with van der Waals surface area (Å²) in [6.07, 6.45) is 0. The molecule has 0 radical (unpaired) electrons. The second-order valence-electron chi connectivity index (χ2n) is 7.41. The molecule has 0 unspecified atom stereocenters. The molecule has 0 aliphatic rings. The number of primary amides is 1. The number of carbonyl (C=O) groups excluding carboxylic acids is 3. The van der Waals surface area contributed by atoms with E-state index in [0.717, 1.165) is 5.56 Å². The molecule has 0 atom stereocenters. The second kappa shape index (κ2) is 9.78. The Labute approximate surface area is 193 Å². The van der Waals surface area contributed by atoms with Crippen LogP contribution in [0.15, 0.2) is 83.7 Å². The van der Waals surface area contributed by atoms with Crippen molar-refractivity contribution in [2.45, 2.75) is 6.54 Å². The maximum atomic E-state index is 12.9. The van der Waals surface area contributed by atoms with Crippen molar-refractivity contribution in [1.82, 2.24) is 9.78 Å². The number of anilines is 1. The van der Waals surface area contributed by atoms with Gasteiger partial charge >= 0.3 is 5.97 Å². The molecule has 2 amide bonds. The summed E-state index contributed by atoms with van der Waals surface area (Å²) in [4.78, 5) is 49.1. The van der Waals surface area contributed by atoms with Crippen LogP contribution in [0.4, 0.5) is 5.69 Å². The van der Waals surface area contributed by atoms with Crippen molar-refractivity contribution in [3.63, 3.8) is 0 Å². The molecule has 0 spiro atoms. The standard InChI is InChI=1S/C25H20N4O5/c26-23(31)17-10-12-18(13-11-17)27-21(30)15-34-25(33)22-19-8-4-5-9-20(19)24(32)29(28-22)14-16-6-2-1-3-7-16/h1-13H,14-15H2,(H2,26,31)(H,27,30). The summed E-state index contributed by atoms with van der Waals surface area (Å²) in [7, 11) is 0. The minimum atomic E-state index is -0.836. The Kier molecular flexibility index (Phi) is 6.45. The van der Waals surface area contributed by atoms with Crippen LogP contribution in [0.5, 0.6) is 0 Å². The molecule has 4 rings (SSSR count). The molecule has 0 fully saturated rings. The average Bonchev–Trinajstić information content (AvgIpc) is 2.85. The largest absolute Gasteiger partial charge is 0.451 e. The molecular formula is C25H20N4O5. The molecule has 0 aliphatic heterocycles. The monoisotopic (exact) mass is 456 g/mol. The molecule has 0 bridgehead atoms. The lowest BCUT2D eigenvalue weighted by molar-refractivity contribution is -0.119.